The molecule has 0 atom stereocenters. The summed E-state index contributed by atoms with van der Waals surface area (Å²) in [4.78, 5) is 28.6. The molecule has 3 heterocycles. The molecule has 1 amide bonds. The average Bonchev–Trinajstić information content (AvgIpc) is 3.30. The van der Waals surface area contributed by atoms with E-state index >= 15 is 0 Å². The molecule has 0 fully saturated rings. The molecule has 8 heteroatoms. The lowest BCUT2D eigenvalue weighted by Gasteiger charge is -2.04. The molecule has 0 bridgehead atoms. The van der Waals surface area contributed by atoms with E-state index < -0.39 is 5.97 Å². The Kier molecular flexibility index (Phi) is 5.07. The summed E-state index contributed by atoms with van der Waals surface area (Å²) < 4.78 is 10.2. The van der Waals surface area contributed by atoms with Crippen molar-refractivity contribution in [1.82, 2.24) is 10.3 Å². The molecule has 0 spiro atoms. The fraction of sp³-hybridized carbons (Fsp3) is 0.188. The third-order valence-corrected chi connectivity index (χ3v) is 4.99. The number of aromatic nitrogens is 1. The molecule has 0 saturated carbocycles. The largest absolute Gasteiger partial charge is 0.467 e. The first-order valence-corrected chi connectivity index (χ1v) is 8.85. The Morgan fingerprint density at radius 2 is 2.25 bits per heavy atom. The number of rotatable bonds is 6. The highest BCUT2D eigenvalue weighted by molar-refractivity contribution is 7.17. The maximum atomic E-state index is 12.1. The summed E-state index contributed by atoms with van der Waals surface area (Å²) in [7, 11) is 0. The van der Waals surface area contributed by atoms with E-state index in [0.29, 0.717) is 16.3 Å². The molecule has 0 aromatic carbocycles. The summed E-state index contributed by atoms with van der Waals surface area (Å²) in [5.41, 5.74) is 1.57. The highest BCUT2D eigenvalue weighted by Crippen LogP contribution is 2.29. The number of carbonyl (C=O) groups excluding carboxylic acids is 2. The second kappa shape index (κ2) is 7.41. The van der Waals surface area contributed by atoms with Crippen LogP contribution < -0.4 is 5.32 Å². The molecule has 0 aliphatic carbocycles. The van der Waals surface area contributed by atoms with E-state index in [1.165, 1.54) is 17.6 Å². The first-order chi connectivity index (χ1) is 11.6. The Bertz CT molecular complexity index is 823. The van der Waals surface area contributed by atoms with Crippen LogP contribution in [0.25, 0.3) is 10.6 Å². The van der Waals surface area contributed by atoms with Gasteiger partial charge in [0.25, 0.3) is 5.91 Å². The van der Waals surface area contributed by atoms with Crippen LogP contribution in [-0.2, 0) is 16.1 Å². The van der Waals surface area contributed by atoms with Crippen LogP contribution in [0.3, 0.4) is 0 Å². The molecule has 124 valence electrons. The van der Waals surface area contributed by atoms with Crippen molar-refractivity contribution in [3.8, 4) is 10.6 Å². The smallest absolute Gasteiger partial charge is 0.350 e. The Hall–Kier alpha value is -2.45. The summed E-state index contributed by atoms with van der Waals surface area (Å²) in [5, 5.41) is 7.30. The van der Waals surface area contributed by atoms with Crippen molar-refractivity contribution in [2.75, 3.05) is 6.61 Å². The standard InChI is InChI=1S/C16H14N2O4S2/c1-10-14(24-15(18-10)11-4-6-23-9-11)16(20)22-8-13(19)17-7-12-3-2-5-21-12/h2-6,9H,7-8H2,1H3,(H,17,19). The summed E-state index contributed by atoms with van der Waals surface area (Å²) in [6.45, 7) is 1.66. The molecule has 0 radical (unpaired) electrons. The predicted molar refractivity (Wildman–Crippen MR) is 91.0 cm³/mol. The zero-order valence-electron chi connectivity index (χ0n) is 12.8. The van der Waals surface area contributed by atoms with Crippen LogP contribution in [0.1, 0.15) is 21.1 Å². The van der Waals surface area contributed by atoms with Crippen molar-refractivity contribution in [2.24, 2.45) is 0 Å². The van der Waals surface area contributed by atoms with Crippen LogP contribution in [-0.4, -0.2) is 23.5 Å². The van der Waals surface area contributed by atoms with Crippen LogP contribution in [0.4, 0.5) is 0 Å². The van der Waals surface area contributed by atoms with Gasteiger partial charge in [0.05, 0.1) is 18.5 Å². The van der Waals surface area contributed by atoms with Gasteiger partial charge < -0.3 is 14.5 Å². The highest BCUT2D eigenvalue weighted by Gasteiger charge is 2.18. The number of nitrogens with zero attached hydrogens (tertiary/aromatic N) is 1. The fourth-order valence-corrected chi connectivity index (χ4v) is 3.61. The number of aryl methyl sites for hydroxylation is 1. The number of hydrogen-bond acceptors (Lipinski definition) is 7. The monoisotopic (exact) mass is 362 g/mol. The Morgan fingerprint density at radius 3 is 2.96 bits per heavy atom. The topological polar surface area (TPSA) is 81.4 Å². The average molecular weight is 362 g/mol. The van der Waals surface area contributed by atoms with Crippen LogP contribution >= 0.6 is 22.7 Å². The molecule has 24 heavy (non-hydrogen) atoms. The number of ether oxygens (including phenoxy) is 1. The van der Waals surface area contributed by atoms with Gasteiger partial charge in [-0.2, -0.15) is 11.3 Å². The molecular formula is C16H14N2O4S2. The SMILES string of the molecule is Cc1nc(-c2ccsc2)sc1C(=O)OCC(=O)NCc1ccco1. The number of furan rings is 1. The van der Waals surface area contributed by atoms with E-state index in [9.17, 15) is 9.59 Å². The van der Waals surface area contributed by atoms with Gasteiger partial charge in [0.15, 0.2) is 6.61 Å². The summed E-state index contributed by atoms with van der Waals surface area (Å²) in [6.07, 6.45) is 1.53. The first kappa shape index (κ1) is 16.4. The van der Waals surface area contributed by atoms with E-state index in [2.05, 4.69) is 10.3 Å². The number of thiophene rings is 1. The van der Waals surface area contributed by atoms with E-state index in [-0.39, 0.29) is 19.1 Å². The van der Waals surface area contributed by atoms with Gasteiger partial charge in [-0.25, -0.2) is 9.78 Å². The highest BCUT2D eigenvalue weighted by atomic mass is 32.1. The molecule has 6 nitrogen and oxygen atoms in total. The van der Waals surface area contributed by atoms with Gasteiger partial charge in [-0.1, -0.05) is 0 Å². The molecule has 3 aromatic rings. The van der Waals surface area contributed by atoms with E-state index in [1.807, 2.05) is 16.8 Å². The van der Waals surface area contributed by atoms with Crippen molar-refractivity contribution in [1.29, 1.82) is 0 Å². The Balaban J connectivity index is 1.54. The molecule has 1 N–H and O–H groups in total. The third kappa shape index (κ3) is 3.90. The van der Waals surface area contributed by atoms with E-state index in [1.54, 1.807) is 30.4 Å². The van der Waals surface area contributed by atoms with Gasteiger partial charge in [-0.05, 0) is 30.5 Å². The molecule has 3 aromatic heterocycles. The predicted octanol–water partition coefficient (Wildman–Crippen LogP) is 3.25. The van der Waals surface area contributed by atoms with Crippen molar-refractivity contribution in [3.05, 3.63) is 51.6 Å². The second-order valence-electron chi connectivity index (χ2n) is 4.88. The number of carbonyl (C=O) groups is 2. The van der Waals surface area contributed by atoms with Gasteiger partial charge >= 0.3 is 5.97 Å². The minimum atomic E-state index is -0.542. The number of nitrogens with one attached hydrogen (secondary N) is 1. The molecule has 0 saturated heterocycles. The molecule has 0 unspecified atom stereocenters. The van der Waals surface area contributed by atoms with Crippen molar-refractivity contribution in [2.45, 2.75) is 13.5 Å². The number of amides is 1. The molecule has 0 aliphatic rings. The fourth-order valence-electron chi connectivity index (χ4n) is 1.94. The van der Waals surface area contributed by atoms with Crippen LogP contribution in [0.5, 0.6) is 0 Å². The lowest BCUT2D eigenvalue weighted by Crippen LogP contribution is -2.28. The van der Waals surface area contributed by atoms with Crippen molar-refractivity contribution < 1.29 is 18.7 Å². The Labute approximate surface area is 146 Å². The van der Waals surface area contributed by atoms with Crippen LogP contribution in [0, 0.1) is 6.92 Å². The zero-order valence-corrected chi connectivity index (χ0v) is 14.4. The minimum Gasteiger partial charge on any atom is -0.467 e. The normalized spacial score (nSPS) is 10.5. The van der Waals surface area contributed by atoms with Gasteiger partial charge in [-0.15, -0.1) is 11.3 Å². The number of thiazole rings is 1. The zero-order chi connectivity index (χ0) is 16.9. The maximum absolute atomic E-state index is 12.1. The maximum Gasteiger partial charge on any atom is 0.350 e. The summed E-state index contributed by atoms with van der Waals surface area (Å²) in [5.74, 6) is -0.298. The van der Waals surface area contributed by atoms with Crippen molar-refractivity contribution in [3.63, 3.8) is 0 Å². The lowest BCUT2D eigenvalue weighted by molar-refractivity contribution is -0.124. The van der Waals surface area contributed by atoms with Crippen LogP contribution in [0.15, 0.2) is 39.6 Å². The van der Waals surface area contributed by atoms with E-state index in [4.69, 9.17) is 9.15 Å². The van der Waals surface area contributed by atoms with Gasteiger partial charge in [0.2, 0.25) is 0 Å². The van der Waals surface area contributed by atoms with Gasteiger partial charge in [-0.3, -0.25) is 4.79 Å². The summed E-state index contributed by atoms with van der Waals surface area (Å²) >= 11 is 2.83. The van der Waals surface area contributed by atoms with Crippen molar-refractivity contribution >= 4 is 34.6 Å². The quantitative estimate of drug-likeness (QED) is 0.681. The van der Waals surface area contributed by atoms with Crippen LogP contribution in [0.2, 0.25) is 0 Å². The molecule has 3 rings (SSSR count). The lowest BCUT2D eigenvalue weighted by atomic mass is 10.3. The minimum absolute atomic E-state index is 0.255. The summed E-state index contributed by atoms with van der Waals surface area (Å²) in [6, 6.07) is 5.43. The number of hydrogen-bond donors (Lipinski definition) is 1. The van der Waals surface area contributed by atoms with E-state index in [0.717, 1.165) is 10.6 Å². The van der Waals surface area contributed by atoms with Gasteiger partial charge in [0.1, 0.15) is 15.6 Å². The second-order valence-corrected chi connectivity index (χ2v) is 6.66. The molecule has 0 aliphatic heterocycles. The first-order valence-electron chi connectivity index (χ1n) is 7.09. The third-order valence-electron chi connectivity index (χ3n) is 3.12. The Morgan fingerprint density at radius 1 is 1.38 bits per heavy atom. The van der Waals surface area contributed by atoms with Gasteiger partial charge in [0, 0.05) is 10.9 Å². The molecular weight excluding hydrogens is 348 g/mol. The number of esters is 1.